The van der Waals surface area contributed by atoms with Crippen LogP contribution in [0.25, 0.3) is 0 Å². The molecule has 0 aromatic carbocycles. The van der Waals surface area contributed by atoms with Crippen LogP contribution in [-0.4, -0.2) is 23.0 Å². The Hall–Kier alpha value is -1.61. The summed E-state index contributed by atoms with van der Waals surface area (Å²) in [5, 5.41) is 13.0. The van der Waals surface area contributed by atoms with Gasteiger partial charge in [-0.15, -0.1) is 0 Å². The number of rotatable bonds is 5. The Morgan fingerprint density at radius 1 is 1.52 bits per heavy atom. The summed E-state index contributed by atoms with van der Waals surface area (Å²) < 4.78 is 0. The van der Waals surface area contributed by atoms with Gasteiger partial charge in [0.1, 0.15) is 0 Å². The number of allylic oxidation sites excluding steroid dienone is 3. The van der Waals surface area contributed by atoms with Crippen LogP contribution in [0.3, 0.4) is 0 Å². The summed E-state index contributed by atoms with van der Waals surface area (Å²) in [5.41, 5.74) is 4.55. The minimum atomic E-state index is -0.955. The van der Waals surface area contributed by atoms with Gasteiger partial charge in [-0.05, 0) is 43.8 Å². The van der Waals surface area contributed by atoms with E-state index < -0.39 is 6.10 Å². The molecule has 0 aromatic heterocycles. The first-order valence-corrected chi connectivity index (χ1v) is 7.79. The molecule has 0 amide bonds. The van der Waals surface area contributed by atoms with Crippen LogP contribution in [0.1, 0.15) is 46.0 Å². The SMILES string of the molecule is C=C/C(=C\C1=C(C)CCCCC1NC1=CC(=O)C1O)CC. The highest BCUT2D eigenvalue weighted by molar-refractivity contribution is 6.03. The summed E-state index contributed by atoms with van der Waals surface area (Å²) in [5.74, 6) is -0.204. The van der Waals surface area contributed by atoms with E-state index in [9.17, 15) is 9.90 Å². The normalized spacial score (nSPS) is 26.9. The van der Waals surface area contributed by atoms with Gasteiger partial charge in [-0.2, -0.15) is 0 Å². The van der Waals surface area contributed by atoms with Crippen molar-refractivity contribution in [2.75, 3.05) is 0 Å². The Labute approximate surface area is 127 Å². The number of hydrogen-bond donors (Lipinski definition) is 2. The molecule has 114 valence electrons. The molecule has 0 fully saturated rings. The van der Waals surface area contributed by atoms with Crippen LogP contribution >= 0.6 is 0 Å². The number of carbonyl (C=O) groups excluding carboxylic acids is 1. The van der Waals surface area contributed by atoms with Crippen molar-refractivity contribution in [2.45, 2.75) is 58.1 Å². The zero-order valence-corrected chi connectivity index (χ0v) is 13.0. The lowest BCUT2D eigenvalue weighted by Crippen LogP contribution is -2.43. The summed E-state index contributed by atoms with van der Waals surface area (Å²) in [6.45, 7) is 8.18. The topological polar surface area (TPSA) is 49.3 Å². The number of aliphatic hydroxyl groups is 1. The molecule has 0 aromatic rings. The molecule has 2 N–H and O–H groups in total. The molecule has 21 heavy (non-hydrogen) atoms. The number of aliphatic hydroxyl groups excluding tert-OH is 1. The van der Waals surface area contributed by atoms with Gasteiger partial charge in [0.2, 0.25) is 0 Å². The maximum atomic E-state index is 11.2. The van der Waals surface area contributed by atoms with Gasteiger partial charge in [0.15, 0.2) is 11.9 Å². The number of hydrogen-bond acceptors (Lipinski definition) is 3. The molecule has 0 saturated heterocycles. The Morgan fingerprint density at radius 3 is 2.86 bits per heavy atom. The summed E-state index contributed by atoms with van der Waals surface area (Å²) in [6.07, 6.45) is 10.1. The lowest BCUT2D eigenvalue weighted by molar-refractivity contribution is -0.123. The summed E-state index contributed by atoms with van der Waals surface area (Å²) in [4.78, 5) is 11.2. The van der Waals surface area contributed by atoms with E-state index in [1.165, 1.54) is 29.2 Å². The fourth-order valence-electron chi connectivity index (χ4n) is 2.90. The van der Waals surface area contributed by atoms with Gasteiger partial charge in [0.25, 0.3) is 0 Å². The smallest absolute Gasteiger partial charge is 0.191 e. The first-order chi connectivity index (χ1) is 10.1. The highest BCUT2D eigenvalue weighted by Crippen LogP contribution is 2.28. The molecular formula is C18H25NO2. The van der Waals surface area contributed by atoms with Gasteiger partial charge in [0, 0.05) is 6.08 Å². The van der Waals surface area contributed by atoms with E-state index in [1.54, 1.807) is 0 Å². The van der Waals surface area contributed by atoms with Gasteiger partial charge in [0.05, 0.1) is 11.7 Å². The lowest BCUT2D eigenvalue weighted by atomic mass is 9.93. The predicted octanol–water partition coefficient (Wildman–Crippen LogP) is 3.19. The zero-order chi connectivity index (χ0) is 15.4. The molecule has 0 bridgehead atoms. The predicted molar refractivity (Wildman–Crippen MR) is 85.8 cm³/mol. The molecule has 0 radical (unpaired) electrons. The second-order valence-corrected chi connectivity index (χ2v) is 5.86. The first-order valence-electron chi connectivity index (χ1n) is 7.79. The van der Waals surface area contributed by atoms with E-state index in [0.29, 0.717) is 5.70 Å². The van der Waals surface area contributed by atoms with E-state index in [1.807, 2.05) is 6.08 Å². The van der Waals surface area contributed by atoms with Gasteiger partial charge in [-0.25, -0.2) is 0 Å². The third-order valence-corrected chi connectivity index (χ3v) is 4.38. The second kappa shape index (κ2) is 6.90. The molecule has 2 atom stereocenters. The molecule has 3 nitrogen and oxygen atoms in total. The van der Waals surface area contributed by atoms with E-state index in [-0.39, 0.29) is 11.8 Å². The summed E-state index contributed by atoms with van der Waals surface area (Å²) in [7, 11) is 0. The molecule has 2 unspecified atom stereocenters. The van der Waals surface area contributed by atoms with Crippen molar-refractivity contribution >= 4 is 5.78 Å². The van der Waals surface area contributed by atoms with Crippen LogP contribution in [0.15, 0.2) is 47.2 Å². The van der Waals surface area contributed by atoms with Gasteiger partial charge < -0.3 is 10.4 Å². The van der Waals surface area contributed by atoms with Crippen LogP contribution in [0.2, 0.25) is 0 Å². The van der Waals surface area contributed by atoms with Crippen molar-refractivity contribution in [2.24, 2.45) is 0 Å². The van der Waals surface area contributed by atoms with Gasteiger partial charge >= 0.3 is 0 Å². The van der Waals surface area contributed by atoms with E-state index in [0.717, 1.165) is 25.7 Å². The van der Waals surface area contributed by atoms with Crippen LogP contribution < -0.4 is 5.32 Å². The zero-order valence-electron chi connectivity index (χ0n) is 13.0. The van der Waals surface area contributed by atoms with Crippen LogP contribution in [0, 0.1) is 0 Å². The van der Waals surface area contributed by atoms with Crippen LogP contribution in [0.4, 0.5) is 0 Å². The summed E-state index contributed by atoms with van der Waals surface area (Å²) >= 11 is 0. The molecular weight excluding hydrogens is 262 g/mol. The number of ketones is 1. The fraction of sp³-hybridized carbons (Fsp3) is 0.500. The van der Waals surface area contributed by atoms with Crippen molar-refractivity contribution < 1.29 is 9.90 Å². The van der Waals surface area contributed by atoms with Crippen LogP contribution in [0.5, 0.6) is 0 Å². The summed E-state index contributed by atoms with van der Waals surface area (Å²) in [6, 6.07) is 0.169. The third-order valence-electron chi connectivity index (χ3n) is 4.38. The fourth-order valence-corrected chi connectivity index (χ4v) is 2.90. The number of nitrogens with one attached hydrogen (secondary N) is 1. The second-order valence-electron chi connectivity index (χ2n) is 5.86. The van der Waals surface area contributed by atoms with E-state index in [2.05, 4.69) is 31.8 Å². The molecule has 2 aliphatic carbocycles. The van der Waals surface area contributed by atoms with Crippen LogP contribution in [-0.2, 0) is 4.79 Å². The standard InChI is InChI=1S/C18H25NO2/c1-4-13(5-2)10-14-12(3)8-6-7-9-15(14)19-16-11-17(20)18(16)21/h4,10-11,15,18-19,21H,1,5-9H2,2-3H3/b13-10+. The molecule has 0 aliphatic heterocycles. The minimum Gasteiger partial charge on any atom is -0.379 e. The molecule has 2 aliphatic rings. The van der Waals surface area contributed by atoms with E-state index in [4.69, 9.17) is 0 Å². The third kappa shape index (κ3) is 3.53. The molecule has 0 spiro atoms. The maximum Gasteiger partial charge on any atom is 0.191 e. The van der Waals surface area contributed by atoms with Crippen molar-refractivity contribution in [1.82, 2.24) is 5.32 Å². The minimum absolute atomic E-state index is 0.169. The van der Waals surface area contributed by atoms with Gasteiger partial charge in [-0.1, -0.05) is 37.6 Å². The molecule has 2 rings (SSSR count). The Kier molecular flexibility index (Phi) is 5.18. The first kappa shape index (κ1) is 15.8. The highest BCUT2D eigenvalue weighted by Gasteiger charge is 2.31. The molecule has 3 heteroatoms. The molecule has 0 heterocycles. The molecule has 0 saturated carbocycles. The van der Waals surface area contributed by atoms with E-state index >= 15 is 0 Å². The quantitative estimate of drug-likeness (QED) is 0.764. The maximum absolute atomic E-state index is 11.2. The van der Waals surface area contributed by atoms with Crippen molar-refractivity contribution in [3.8, 4) is 0 Å². The monoisotopic (exact) mass is 287 g/mol. The van der Waals surface area contributed by atoms with Crippen molar-refractivity contribution in [3.05, 3.63) is 47.2 Å². The average Bonchev–Trinajstić information content (AvgIpc) is 2.66. The lowest BCUT2D eigenvalue weighted by Gasteiger charge is -2.29. The Morgan fingerprint density at radius 2 is 2.29 bits per heavy atom. The van der Waals surface area contributed by atoms with Crippen molar-refractivity contribution in [1.29, 1.82) is 0 Å². The van der Waals surface area contributed by atoms with Gasteiger partial charge in [-0.3, -0.25) is 4.79 Å². The Bertz CT molecular complexity index is 525. The van der Waals surface area contributed by atoms with Crippen molar-refractivity contribution in [3.63, 3.8) is 0 Å². The Balaban J connectivity index is 2.25. The average molecular weight is 287 g/mol. The largest absolute Gasteiger partial charge is 0.379 e. The highest BCUT2D eigenvalue weighted by atomic mass is 16.3. The number of carbonyl (C=O) groups is 1.